The summed E-state index contributed by atoms with van der Waals surface area (Å²) in [5.74, 6) is 1.51. The van der Waals surface area contributed by atoms with Gasteiger partial charge in [0.05, 0.1) is 6.10 Å². The van der Waals surface area contributed by atoms with Gasteiger partial charge in [-0.3, -0.25) is 4.79 Å². The second-order valence-electron chi connectivity index (χ2n) is 8.78. The number of benzene rings is 1. The van der Waals surface area contributed by atoms with Gasteiger partial charge in [-0.15, -0.1) is 0 Å². The molecule has 4 heteroatoms. The van der Waals surface area contributed by atoms with Crippen LogP contribution in [0.25, 0.3) is 0 Å². The monoisotopic (exact) mass is 343 g/mol. The van der Waals surface area contributed by atoms with E-state index in [1.54, 1.807) is 12.1 Å². The van der Waals surface area contributed by atoms with E-state index in [4.69, 9.17) is 4.74 Å². The maximum Gasteiger partial charge on any atom is 0.219 e. The predicted octanol–water partition coefficient (Wildman–Crippen LogP) is 3.80. The summed E-state index contributed by atoms with van der Waals surface area (Å²) in [5, 5.41) is 13.0. The van der Waals surface area contributed by atoms with E-state index in [0.717, 1.165) is 25.0 Å². The van der Waals surface area contributed by atoms with Crippen molar-refractivity contribution in [1.82, 2.24) is 5.32 Å². The number of phenolic OH excluding ortho intramolecular Hbond substituents is 1. The van der Waals surface area contributed by atoms with E-state index in [9.17, 15) is 9.90 Å². The number of rotatable bonds is 3. The number of carbonyl (C=O) groups excluding carboxylic acids is 1. The normalized spacial score (nSPS) is 38.4. The molecule has 25 heavy (non-hydrogen) atoms. The standard InChI is InChI=1S/C21H29NO3/c1-4-17(24)22-19-20(2,3)14-11-16-18(13-5-7-15(23)8-6-13)25-10-9-21(16,19)12-14/h5-8,14,16,18-19,23H,4,9-12H2,1-3H3,(H,22,24)/t14-,16-,18-,19-,21?/m1/s1. The van der Waals surface area contributed by atoms with Crippen molar-refractivity contribution in [3.8, 4) is 5.75 Å². The van der Waals surface area contributed by atoms with Gasteiger partial charge in [-0.2, -0.15) is 0 Å². The topological polar surface area (TPSA) is 58.6 Å². The second-order valence-corrected chi connectivity index (χ2v) is 8.78. The second kappa shape index (κ2) is 5.73. The van der Waals surface area contributed by atoms with E-state index in [-0.39, 0.29) is 34.6 Å². The van der Waals surface area contributed by atoms with E-state index in [1.807, 2.05) is 19.1 Å². The molecule has 136 valence electrons. The van der Waals surface area contributed by atoms with Crippen LogP contribution in [0.3, 0.4) is 0 Å². The molecule has 1 unspecified atom stereocenters. The van der Waals surface area contributed by atoms with Gasteiger partial charge < -0.3 is 15.2 Å². The Bertz CT molecular complexity index is 668. The minimum atomic E-state index is 0.0662. The van der Waals surface area contributed by atoms with Gasteiger partial charge in [0.15, 0.2) is 0 Å². The quantitative estimate of drug-likeness (QED) is 0.877. The van der Waals surface area contributed by atoms with Crippen LogP contribution in [0.1, 0.15) is 58.1 Å². The molecule has 1 heterocycles. The molecule has 0 aromatic heterocycles. The van der Waals surface area contributed by atoms with Gasteiger partial charge >= 0.3 is 0 Å². The van der Waals surface area contributed by atoms with Crippen molar-refractivity contribution in [2.45, 2.75) is 58.6 Å². The molecule has 3 fully saturated rings. The Morgan fingerprint density at radius 2 is 2.04 bits per heavy atom. The van der Waals surface area contributed by atoms with Crippen LogP contribution in [0.15, 0.2) is 24.3 Å². The van der Waals surface area contributed by atoms with Crippen molar-refractivity contribution in [2.24, 2.45) is 22.7 Å². The largest absolute Gasteiger partial charge is 0.508 e. The molecule has 2 N–H and O–H groups in total. The van der Waals surface area contributed by atoms with Crippen molar-refractivity contribution >= 4 is 5.91 Å². The van der Waals surface area contributed by atoms with Gasteiger partial charge in [0.1, 0.15) is 5.75 Å². The van der Waals surface area contributed by atoms with Gasteiger partial charge in [0.2, 0.25) is 5.91 Å². The third-order valence-electron chi connectivity index (χ3n) is 7.35. The van der Waals surface area contributed by atoms with Crippen LogP contribution < -0.4 is 5.32 Å². The number of amides is 1. The number of aromatic hydroxyl groups is 1. The lowest BCUT2D eigenvalue weighted by molar-refractivity contribution is -0.137. The summed E-state index contributed by atoms with van der Waals surface area (Å²) in [6.07, 6.45) is 3.99. The van der Waals surface area contributed by atoms with Gasteiger partial charge in [-0.1, -0.05) is 32.9 Å². The predicted molar refractivity (Wildman–Crippen MR) is 96.1 cm³/mol. The summed E-state index contributed by atoms with van der Waals surface area (Å²) in [5.41, 5.74) is 1.42. The fourth-order valence-electron chi connectivity index (χ4n) is 6.04. The Hall–Kier alpha value is -1.55. The number of carbonyl (C=O) groups is 1. The molecule has 2 aliphatic carbocycles. The third-order valence-corrected chi connectivity index (χ3v) is 7.35. The van der Waals surface area contributed by atoms with E-state index >= 15 is 0 Å². The van der Waals surface area contributed by atoms with Crippen LogP contribution in [-0.4, -0.2) is 23.7 Å². The summed E-state index contributed by atoms with van der Waals surface area (Å²) in [7, 11) is 0. The van der Waals surface area contributed by atoms with Crippen LogP contribution in [0, 0.1) is 22.7 Å². The Morgan fingerprint density at radius 1 is 1.32 bits per heavy atom. The van der Waals surface area contributed by atoms with Gasteiger partial charge in [-0.25, -0.2) is 0 Å². The van der Waals surface area contributed by atoms with E-state index < -0.39 is 0 Å². The molecule has 1 aliphatic heterocycles. The third kappa shape index (κ3) is 2.41. The van der Waals surface area contributed by atoms with Crippen LogP contribution in [0.5, 0.6) is 5.75 Å². The minimum absolute atomic E-state index is 0.0662. The highest BCUT2D eigenvalue weighted by atomic mass is 16.5. The number of hydrogen-bond donors (Lipinski definition) is 2. The molecular formula is C21H29NO3. The summed E-state index contributed by atoms with van der Waals surface area (Å²) >= 11 is 0. The smallest absolute Gasteiger partial charge is 0.219 e. The molecule has 1 amide bonds. The first-order valence-electron chi connectivity index (χ1n) is 9.58. The Morgan fingerprint density at radius 3 is 2.72 bits per heavy atom. The molecular weight excluding hydrogens is 314 g/mol. The molecule has 4 nitrogen and oxygen atoms in total. The van der Waals surface area contributed by atoms with Crippen molar-refractivity contribution in [2.75, 3.05) is 6.61 Å². The first kappa shape index (κ1) is 16.9. The molecule has 0 radical (unpaired) electrons. The maximum atomic E-state index is 12.2. The molecule has 3 aliphatic rings. The fraction of sp³-hybridized carbons (Fsp3) is 0.667. The lowest BCUT2D eigenvalue weighted by atomic mass is 9.59. The Labute approximate surface area is 150 Å². The highest BCUT2D eigenvalue weighted by Gasteiger charge is 2.68. The molecule has 2 bridgehead atoms. The van der Waals surface area contributed by atoms with Crippen LogP contribution in [-0.2, 0) is 9.53 Å². The highest BCUT2D eigenvalue weighted by molar-refractivity contribution is 5.76. The van der Waals surface area contributed by atoms with Gasteiger partial charge in [-0.05, 0) is 59.6 Å². The summed E-state index contributed by atoms with van der Waals surface area (Å²) in [6, 6.07) is 7.67. The lowest BCUT2D eigenvalue weighted by Gasteiger charge is -2.53. The fourth-order valence-corrected chi connectivity index (χ4v) is 6.04. The summed E-state index contributed by atoms with van der Waals surface area (Å²) < 4.78 is 6.22. The Kier molecular flexibility index (Phi) is 3.87. The average Bonchev–Trinajstić information content (AvgIpc) is 3.08. The van der Waals surface area contributed by atoms with Gasteiger partial charge in [0.25, 0.3) is 0 Å². The molecule has 1 aromatic carbocycles. The molecule has 1 saturated heterocycles. The molecule has 1 aromatic rings. The van der Waals surface area contributed by atoms with E-state index in [2.05, 4.69) is 19.2 Å². The van der Waals surface area contributed by atoms with E-state index in [1.165, 1.54) is 6.42 Å². The molecule has 2 saturated carbocycles. The minimum Gasteiger partial charge on any atom is -0.508 e. The SMILES string of the molecule is CCC(=O)N[C@@H]1C(C)(C)[C@@H]2C[C@@H]3[C@@H](c4ccc(O)cc4)OCCC31C2. The number of phenols is 1. The van der Waals surface area contributed by atoms with Crippen molar-refractivity contribution < 1.29 is 14.6 Å². The number of nitrogens with one attached hydrogen (secondary N) is 1. The van der Waals surface area contributed by atoms with E-state index in [0.29, 0.717) is 18.3 Å². The molecule has 5 atom stereocenters. The zero-order valence-corrected chi connectivity index (χ0v) is 15.4. The van der Waals surface area contributed by atoms with Gasteiger partial charge in [0, 0.05) is 19.1 Å². The first-order chi connectivity index (χ1) is 11.9. The maximum absolute atomic E-state index is 12.2. The van der Waals surface area contributed by atoms with Crippen molar-refractivity contribution in [3.05, 3.63) is 29.8 Å². The number of fused-ring (bicyclic) bond motifs is 1. The summed E-state index contributed by atoms with van der Waals surface area (Å²) in [4.78, 5) is 12.2. The average molecular weight is 343 g/mol. The molecule has 1 spiro atoms. The number of hydrogen-bond acceptors (Lipinski definition) is 3. The number of ether oxygens (including phenoxy) is 1. The molecule has 4 rings (SSSR count). The zero-order valence-electron chi connectivity index (χ0n) is 15.4. The highest BCUT2D eigenvalue weighted by Crippen LogP contribution is 2.70. The van der Waals surface area contributed by atoms with Crippen LogP contribution >= 0.6 is 0 Å². The van der Waals surface area contributed by atoms with Crippen molar-refractivity contribution in [3.63, 3.8) is 0 Å². The van der Waals surface area contributed by atoms with Crippen LogP contribution in [0.2, 0.25) is 0 Å². The van der Waals surface area contributed by atoms with Crippen molar-refractivity contribution in [1.29, 1.82) is 0 Å². The summed E-state index contributed by atoms with van der Waals surface area (Å²) in [6.45, 7) is 7.32. The Balaban J connectivity index is 1.69. The van der Waals surface area contributed by atoms with Crippen LogP contribution in [0.4, 0.5) is 0 Å². The zero-order chi connectivity index (χ0) is 17.8. The first-order valence-corrected chi connectivity index (χ1v) is 9.58. The lowest BCUT2D eigenvalue weighted by Crippen LogP contribution is -2.58.